The van der Waals surface area contributed by atoms with Gasteiger partial charge in [-0.3, -0.25) is 4.57 Å². The Hall–Kier alpha value is -2.67. The molecule has 0 spiro atoms. The Kier molecular flexibility index (Phi) is 4.23. The topological polar surface area (TPSA) is 75.1 Å². The molecule has 3 heterocycles. The van der Waals surface area contributed by atoms with Crippen LogP contribution in [-0.4, -0.2) is 26.1 Å². The van der Waals surface area contributed by atoms with Gasteiger partial charge in [-0.1, -0.05) is 35.5 Å². The van der Waals surface area contributed by atoms with Crippen LogP contribution < -0.4 is 5.69 Å². The molecule has 1 aliphatic heterocycles. The van der Waals surface area contributed by atoms with Crippen LogP contribution in [0, 0.1) is 0 Å². The molecule has 2 aromatic heterocycles. The Balaban J connectivity index is 1.70. The van der Waals surface area contributed by atoms with Gasteiger partial charge in [0.1, 0.15) is 18.1 Å². The van der Waals surface area contributed by atoms with Crippen molar-refractivity contribution in [3.05, 3.63) is 70.2 Å². The monoisotopic (exact) mass is 340 g/mol. The van der Waals surface area contributed by atoms with E-state index in [-0.39, 0.29) is 24.3 Å². The van der Waals surface area contributed by atoms with Crippen molar-refractivity contribution in [2.75, 3.05) is 6.61 Å². The van der Waals surface area contributed by atoms with Crippen molar-refractivity contribution >= 4 is 0 Å². The first kappa shape index (κ1) is 15.8. The quantitative estimate of drug-likeness (QED) is 0.713. The van der Waals surface area contributed by atoms with Crippen LogP contribution >= 0.6 is 0 Å². The molecule has 0 aliphatic carbocycles. The minimum atomic E-state index is -0.214. The van der Waals surface area contributed by atoms with Crippen molar-refractivity contribution in [1.82, 2.24) is 19.5 Å². The standard InChI is InChI=1S/C18H20N4O3/c1-2-21-17(19-22(18(21)23)12-14-8-11-25-20-14)16-15(9-10-24-16)13-6-4-3-5-7-13/h3-8,11,15-16H,2,9-10,12H2,1H3/t15-,16-/m0/s1. The molecule has 25 heavy (non-hydrogen) atoms. The summed E-state index contributed by atoms with van der Waals surface area (Å²) in [4.78, 5) is 12.7. The van der Waals surface area contributed by atoms with Crippen LogP contribution in [0.15, 0.2) is 52.0 Å². The van der Waals surface area contributed by atoms with Gasteiger partial charge in [0.2, 0.25) is 0 Å². The van der Waals surface area contributed by atoms with E-state index in [1.165, 1.54) is 16.5 Å². The third-order valence-electron chi connectivity index (χ3n) is 4.64. The lowest BCUT2D eigenvalue weighted by Gasteiger charge is -2.18. The maximum absolute atomic E-state index is 12.7. The molecule has 7 heteroatoms. The highest BCUT2D eigenvalue weighted by molar-refractivity contribution is 5.23. The van der Waals surface area contributed by atoms with Crippen molar-refractivity contribution in [2.24, 2.45) is 0 Å². The van der Waals surface area contributed by atoms with Gasteiger partial charge in [-0.15, -0.1) is 0 Å². The third kappa shape index (κ3) is 2.91. The first-order valence-electron chi connectivity index (χ1n) is 8.51. The average molecular weight is 340 g/mol. The fourth-order valence-corrected chi connectivity index (χ4v) is 3.43. The van der Waals surface area contributed by atoms with Gasteiger partial charge in [0.15, 0.2) is 5.82 Å². The molecule has 7 nitrogen and oxygen atoms in total. The number of hydrogen-bond donors (Lipinski definition) is 0. The summed E-state index contributed by atoms with van der Waals surface area (Å²) in [5, 5.41) is 8.44. The molecule has 3 aromatic rings. The first-order valence-corrected chi connectivity index (χ1v) is 8.51. The summed E-state index contributed by atoms with van der Waals surface area (Å²) in [7, 11) is 0. The molecule has 1 aromatic carbocycles. The Morgan fingerprint density at radius 1 is 1.24 bits per heavy atom. The van der Waals surface area contributed by atoms with E-state index in [9.17, 15) is 4.79 Å². The van der Waals surface area contributed by atoms with Crippen molar-refractivity contribution in [3.8, 4) is 0 Å². The van der Waals surface area contributed by atoms with Gasteiger partial charge in [0, 0.05) is 25.1 Å². The summed E-state index contributed by atoms with van der Waals surface area (Å²) in [5.41, 5.74) is 1.73. The van der Waals surface area contributed by atoms with Gasteiger partial charge in [-0.2, -0.15) is 5.10 Å². The van der Waals surface area contributed by atoms with Crippen LogP contribution in [0.3, 0.4) is 0 Å². The molecule has 4 rings (SSSR count). The highest BCUT2D eigenvalue weighted by Gasteiger charge is 2.35. The Bertz CT molecular complexity index is 883. The van der Waals surface area contributed by atoms with E-state index in [4.69, 9.17) is 9.26 Å². The van der Waals surface area contributed by atoms with Gasteiger partial charge >= 0.3 is 5.69 Å². The number of nitrogens with zero attached hydrogens (tertiary/aromatic N) is 4. The SMILES string of the molecule is CCn1c([C@H]2OCC[C@H]2c2ccccc2)nn(Cc2ccon2)c1=O. The molecule has 0 amide bonds. The molecule has 0 radical (unpaired) electrons. The highest BCUT2D eigenvalue weighted by atomic mass is 16.5. The van der Waals surface area contributed by atoms with E-state index in [0.29, 0.717) is 24.7 Å². The zero-order valence-electron chi connectivity index (χ0n) is 14.0. The maximum atomic E-state index is 12.7. The molecule has 1 fully saturated rings. The van der Waals surface area contributed by atoms with Crippen molar-refractivity contribution in [1.29, 1.82) is 0 Å². The number of ether oxygens (including phenoxy) is 1. The Morgan fingerprint density at radius 3 is 2.80 bits per heavy atom. The summed E-state index contributed by atoms with van der Waals surface area (Å²) in [6, 6.07) is 12.0. The van der Waals surface area contributed by atoms with Crippen LogP contribution in [0.2, 0.25) is 0 Å². The zero-order chi connectivity index (χ0) is 17.2. The molecule has 0 N–H and O–H groups in total. The molecule has 1 saturated heterocycles. The van der Waals surface area contributed by atoms with Crippen LogP contribution in [0.4, 0.5) is 0 Å². The molecule has 0 saturated carbocycles. The van der Waals surface area contributed by atoms with E-state index in [2.05, 4.69) is 22.4 Å². The minimum absolute atomic E-state index is 0.150. The maximum Gasteiger partial charge on any atom is 0.346 e. The van der Waals surface area contributed by atoms with E-state index in [1.54, 1.807) is 10.6 Å². The van der Waals surface area contributed by atoms with E-state index < -0.39 is 0 Å². The van der Waals surface area contributed by atoms with Gasteiger partial charge in [-0.25, -0.2) is 9.48 Å². The van der Waals surface area contributed by atoms with Crippen LogP contribution in [-0.2, 0) is 17.8 Å². The fourth-order valence-electron chi connectivity index (χ4n) is 3.43. The number of aromatic nitrogens is 4. The van der Waals surface area contributed by atoms with Crippen molar-refractivity contribution in [3.63, 3.8) is 0 Å². The summed E-state index contributed by atoms with van der Waals surface area (Å²) >= 11 is 0. The number of benzene rings is 1. The number of hydrogen-bond acceptors (Lipinski definition) is 5. The third-order valence-corrected chi connectivity index (χ3v) is 4.64. The largest absolute Gasteiger partial charge is 0.370 e. The average Bonchev–Trinajstić information content (AvgIpc) is 3.37. The summed E-state index contributed by atoms with van der Waals surface area (Å²) in [6.45, 7) is 3.45. The lowest BCUT2D eigenvalue weighted by molar-refractivity contribution is 0.0934. The van der Waals surface area contributed by atoms with E-state index >= 15 is 0 Å². The van der Waals surface area contributed by atoms with Crippen LogP contribution in [0.5, 0.6) is 0 Å². The predicted octanol–water partition coefficient (Wildman–Crippen LogP) is 2.35. The van der Waals surface area contributed by atoms with Gasteiger partial charge in [0.05, 0.1) is 6.54 Å². The van der Waals surface area contributed by atoms with Gasteiger partial charge in [0.25, 0.3) is 0 Å². The van der Waals surface area contributed by atoms with E-state index in [0.717, 1.165) is 6.42 Å². The van der Waals surface area contributed by atoms with E-state index in [1.807, 2.05) is 25.1 Å². The molecular weight excluding hydrogens is 320 g/mol. The molecule has 2 atom stereocenters. The van der Waals surface area contributed by atoms with Gasteiger partial charge in [-0.05, 0) is 18.9 Å². The second-order valence-electron chi connectivity index (χ2n) is 6.13. The molecular formula is C18H20N4O3. The Labute approximate surface area is 144 Å². The number of rotatable bonds is 5. The fraction of sp³-hybridized carbons (Fsp3) is 0.389. The smallest absolute Gasteiger partial charge is 0.346 e. The first-order chi connectivity index (χ1) is 12.3. The minimum Gasteiger partial charge on any atom is -0.370 e. The second kappa shape index (κ2) is 6.68. The summed E-state index contributed by atoms with van der Waals surface area (Å²) in [5.74, 6) is 0.885. The predicted molar refractivity (Wildman–Crippen MR) is 90.3 cm³/mol. The normalized spacial score (nSPS) is 20.2. The summed E-state index contributed by atoms with van der Waals surface area (Å²) < 4.78 is 13.9. The second-order valence-corrected chi connectivity index (χ2v) is 6.13. The molecule has 1 aliphatic rings. The summed E-state index contributed by atoms with van der Waals surface area (Å²) in [6.07, 6.45) is 2.19. The zero-order valence-corrected chi connectivity index (χ0v) is 14.0. The lowest BCUT2D eigenvalue weighted by Crippen LogP contribution is -2.26. The van der Waals surface area contributed by atoms with Crippen LogP contribution in [0.1, 0.15) is 42.4 Å². The lowest BCUT2D eigenvalue weighted by atomic mass is 9.92. The van der Waals surface area contributed by atoms with Crippen molar-refractivity contribution in [2.45, 2.75) is 38.5 Å². The molecule has 130 valence electrons. The highest BCUT2D eigenvalue weighted by Crippen LogP contribution is 2.40. The van der Waals surface area contributed by atoms with Gasteiger partial charge < -0.3 is 9.26 Å². The van der Waals surface area contributed by atoms with Crippen molar-refractivity contribution < 1.29 is 9.26 Å². The molecule has 0 unspecified atom stereocenters. The van der Waals surface area contributed by atoms with Crippen LogP contribution in [0.25, 0.3) is 0 Å². The molecule has 0 bridgehead atoms. The Morgan fingerprint density at radius 2 is 2.08 bits per heavy atom.